The Hall–Kier alpha value is -2.04. The fraction of sp³-hybridized carbons (Fsp3) is 0.429. The summed E-state index contributed by atoms with van der Waals surface area (Å²) in [7, 11) is 0. The van der Waals surface area contributed by atoms with E-state index in [9.17, 15) is 9.59 Å². The van der Waals surface area contributed by atoms with Gasteiger partial charge in [-0.15, -0.1) is 0 Å². The Bertz CT molecular complexity index is 494. The molecule has 19 heavy (non-hydrogen) atoms. The van der Waals surface area contributed by atoms with E-state index in [0.29, 0.717) is 5.75 Å². The summed E-state index contributed by atoms with van der Waals surface area (Å²) in [4.78, 5) is 22.5. The number of carboxylic acid groups (broad SMARTS) is 1. The van der Waals surface area contributed by atoms with Crippen molar-refractivity contribution >= 4 is 11.9 Å². The fourth-order valence-electron chi connectivity index (χ4n) is 1.44. The van der Waals surface area contributed by atoms with Crippen molar-refractivity contribution in [2.45, 2.75) is 33.2 Å². The maximum Gasteiger partial charge on any atom is 0.328 e. The molecule has 2 N–H and O–H groups in total. The molecule has 0 aromatic heterocycles. The van der Waals surface area contributed by atoms with E-state index in [4.69, 9.17) is 9.84 Å². The lowest BCUT2D eigenvalue weighted by Crippen LogP contribution is -2.51. The normalized spacial score (nSPS) is 10.9. The molecule has 5 heteroatoms. The Morgan fingerprint density at radius 1 is 1.32 bits per heavy atom. The van der Waals surface area contributed by atoms with Gasteiger partial charge in [-0.2, -0.15) is 0 Å². The number of amides is 1. The predicted molar refractivity (Wildman–Crippen MR) is 71.3 cm³/mol. The molecule has 0 bridgehead atoms. The summed E-state index contributed by atoms with van der Waals surface area (Å²) in [5.41, 5.74) is 0.657. The van der Waals surface area contributed by atoms with Gasteiger partial charge in [-0.05, 0) is 44.9 Å². The van der Waals surface area contributed by atoms with Gasteiger partial charge in [0, 0.05) is 0 Å². The SMILES string of the molecule is Cc1ccc(C)c(OCC(=O)NC(C)(C)C(=O)O)c1. The molecular formula is C14H19NO4. The van der Waals surface area contributed by atoms with Gasteiger partial charge in [-0.25, -0.2) is 4.79 Å². The second-order valence-electron chi connectivity index (χ2n) is 5.04. The van der Waals surface area contributed by atoms with Gasteiger partial charge < -0.3 is 15.2 Å². The van der Waals surface area contributed by atoms with Gasteiger partial charge in [0.2, 0.25) is 0 Å². The standard InChI is InChI=1S/C14H19NO4/c1-9-5-6-10(2)11(7-9)19-8-12(16)15-14(3,4)13(17)18/h5-7H,8H2,1-4H3,(H,15,16)(H,17,18). The van der Waals surface area contributed by atoms with Gasteiger partial charge in [0.1, 0.15) is 11.3 Å². The largest absolute Gasteiger partial charge is 0.483 e. The van der Waals surface area contributed by atoms with Crippen LogP contribution in [0.3, 0.4) is 0 Å². The zero-order valence-corrected chi connectivity index (χ0v) is 11.6. The van der Waals surface area contributed by atoms with Crippen molar-refractivity contribution in [1.29, 1.82) is 0 Å². The second kappa shape index (κ2) is 5.73. The van der Waals surface area contributed by atoms with E-state index in [0.717, 1.165) is 11.1 Å². The van der Waals surface area contributed by atoms with Crippen LogP contribution in [0.5, 0.6) is 5.75 Å². The topological polar surface area (TPSA) is 75.6 Å². The van der Waals surface area contributed by atoms with E-state index < -0.39 is 17.4 Å². The molecule has 0 spiro atoms. The number of hydrogen-bond acceptors (Lipinski definition) is 3. The highest BCUT2D eigenvalue weighted by Crippen LogP contribution is 2.18. The molecule has 0 aliphatic carbocycles. The first-order chi connectivity index (χ1) is 8.72. The molecule has 0 aliphatic rings. The molecule has 0 unspecified atom stereocenters. The summed E-state index contributed by atoms with van der Waals surface area (Å²) in [6.07, 6.45) is 0. The van der Waals surface area contributed by atoms with Gasteiger partial charge >= 0.3 is 5.97 Å². The number of benzene rings is 1. The summed E-state index contributed by atoms with van der Waals surface area (Å²) in [6, 6.07) is 5.70. The Kier molecular flexibility index (Phi) is 4.53. The van der Waals surface area contributed by atoms with Crippen LogP contribution in [0.2, 0.25) is 0 Å². The monoisotopic (exact) mass is 265 g/mol. The van der Waals surface area contributed by atoms with Crippen LogP contribution >= 0.6 is 0 Å². The van der Waals surface area contributed by atoms with E-state index in [1.807, 2.05) is 32.0 Å². The van der Waals surface area contributed by atoms with E-state index in [1.165, 1.54) is 13.8 Å². The molecule has 5 nitrogen and oxygen atoms in total. The van der Waals surface area contributed by atoms with Crippen LogP contribution in [0.25, 0.3) is 0 Å². The van der Waals surface area contributed by atoms with Gasteiger partial charge in [0.15, 0.2) is 6.61 Å². The third kappa shape index (κ3) is 4.28. The Morgan fingerprint density at radius 2 is 1.95 bits per heavy atom. The Labute approximate surface area is 112 Å². The molecule has 1 aromatic carbocycles. The minimum atomic E-state index is -1.30. The van der Waals surface area contributed by atoms with Crippen LogP contribution in [0, 0.1) is 13.8 Å². The first-order valence-corrected chi connectivity index (χ1v) is 5.97. The molecule has 0 fully saturated rings. The summed E-state index contributed by atoms with van der Waals surface area (Å²) in [5, 5.41) is 11.3. The molecule has 0 aliphatic heterocycles. The minimum absolute atomic E-state index is 0.207. The summed E-state index contributed by atoms with van der Waals surface area (Å²) < 4.78 is 5.40. The number of hydrogen-bond donors (Lipinski definition) is 2. The predicted octanol–water partition coefficient (Wildman–Crippen LogP) is 1.66. The lowest BCUT2D eigenvalue weighted by molar-refractivity contribution is -0.146. The third-order valence-electron chi connectivity index (χ3n) is 2.69. The molecule has 0 atom stereocenters. The molecule has 1 amide bonds. The quantitative estimate of drug-likeness (QED) is 0.849. The molecule has 0 heterocycles. The van der Waals surface area contributed by atoms with Crippen molar-refractivity contribution in [1.82, 2.24) is 5.32 Å². The maximum atomic E-state index is 11.6. The first-order valence-electron chi connectivity index (χ1n) is 5.97. The molecular weight excluding hydrogens is 246 g/mol. The van der Waals surface area contributed by atoms with Crippen LogP contribution in [0.4, 0.5) is 0 Å². The number of rotatable bonds is 5. The van der Waals surface area contributed by atoms with Gasteiger partial charge in [-0.3, -0.25) is 4.79 Å². The second-order valence-corrected chi connectivity index (χ2v) is 5.04. The lowest BCUT2D eigenvalue weighted by Gasteiger charge is -2.21. The molecule has 0 saturated carbocycles. The van der Waals surface area contributed by atoms with E-state index in [-0.39, 0.29) is 6.61 Å². The highest BCUT2D eigenvalue weighted by molar-refractivity contribution is 5.86. The zero-order valence-electron chi connectivity index (χ0n) is 11.6. The third-order valence-corrected chi connectivity index (χ3v) is 2.69. The smallest absolute Gasteiger partial charge is 0.328 e. The number of nitrogens with one attached hydrogen (secondary N) is 1. The van der Waals surface area contributed by atoms with E-state index >= 15 is 0 Å². The summed E-state index contributed by atoms with van der Waals surface area (Å²) in [6.45, 7) is 6.45. The fourth-order valence-corrected chi connectivity index (χ4v) is 1.44. The Morgan fingerprint density at radius 3 is 2.53 bits per heavy atom. The summed E-state index contributed by atoms with van der Waals surface area (Å²) in [5.74, 6) is -0.927. The van der Waals surface area contributed by atoms with E-state index in [1.54, 1.807) is 0 Å². The number of ether oxygens (including phenoxy) is 1. The van der Waals surface area contributed by atoms with Crippen molar-refractivity contribution < 1.29 is 19.4 Å². The molecule has 0 saturated heterocycles. The number of carbonyl (C=O) groups excluding carboxylic acids is 1. The van der Waals surface area contributed by atoms with Crippen LogP contribution in [-0.2, 0) is 9.59 Å². The number of aliphatic carboxylic acids is 1. The summed E-state index contributed by atoms with van der Waals surface area (Å²) >= 11 is 0. The lowest BCUT2D eigenvalue weighted by atomic mass is 10.1. The average Bonchev–Trinajstić information content (AvgIpc) is 2.29. The average molecular weight is 265 g/mol. The van der Waals surface area contributed by atoms with Gasteiger partial charge in [0.25, 0.3) is 5.91 Å². The van der Waals surface area contributed by atoms with Crippen LogP contribution in [-0.4, -0.2) is 29.1 Å². The Balaban J connectivity index is 2.60. The number of aryl methyl sites for hydroxylation is 2. The van der Waals surface area contributed by atoms with Crippen molar-refractivity contribution in [3.05, 3.63) is 29.3 Å². The molecule has 0 radical (unpaired) electrons. The molecule has 1 aromatic rings. The maximum absolute atomic E-state index is 11.6. The van der Waals surface area contributed by atoms with Crippen molar-refractivity contribution in [3.8, 4) is 5.75 Å². The van der Waals surface area contributed by atoms with Crippen LogP contribution in [0.1, 0.15) is 25.0 Å². The van der Waals surface area contributed by atoms with E-state index in [2.05, 4.69) is 5.32 Å². The van der Waals surface area contributed by atoms with Gasteiger partial charge in [0.05, 0.1) is 0 Å². The molecule has 104 valence electrons. The first kappa shape index (κ1) is 15.0. The van der Waals surface area contributed by atoms with Crippen molar-refractivity contribution in [3.63, 3.8) is 0 Å². The zero-order chi connectivity index (χ0) is 14.6. The highest BCUT2D eigenvalue weighted by Gasteiger charge is 2.28. The number of carboxylic acids is 1. The molecule has 1 rings (SSSR count). The van der Waals surface area contributed by atoms with Crippen molar-refractivity contribution in [2.24, 2.45) is 0 Å². The van der Waals surface area contributed by atoms with Crippen LogP contribution in [0.15, 0.2) is 18.2 Å². The number of carbonyl (C=O) groups is 2. The minimum Gasteiger partial charge on any atom is -0.483 e. The highest BCUT2D eigenvalue weighted by atomic mass is 16.5. The van der Waals surface area contributed by atoms with Crippen LogP contribution < -0.4 is 10.1 Å². The van der Waals surface area contributed by atoms with Crippen molar-refractivity contribution in [2.75, 3.05) is 6.61 Å². The van der Waals surface area contributed by atoms with Gasteiger partial charge in [-0.1, -0.05) is 12.1 Å².